The number of nitrogens with zero attached hydrogens (tertiary/aromatic N) is 2. The molecule has 1 aliphatic carbocycles. The highest BCUT2D eigenvalue weighted by molar-refractivity contribution is 6.20. The van der Waals surface area contributed by atoms with Gasteiger partial charge in [-0.1, -0.05) is 48.5 Å². The number of ether oxygens (including phenoxy) is 1. The zero-order valence-electron chi connectivity index (χ0n) is 17.5. The lowest BCUT2D eigenvalue weighted by Crippen LogP contribution is -2.22. The molecule has 0 unspecified atom stereocenters. The Morgan fingerprint density at radius 2 is 1.61 bits per heavy atom. The number of rotatable bonds is 5. The average molecular weight is 406 g/mol. The van der Waals surface area contributed by atoms with E-state index in [0.29, 0.717) is 12.1 Å². The molecule has 0 fully saturated rings. The molecule has 4 aromatic rings. The second-order valence-corrected chi connectivity index (χ2v) is 7.76. The van der Waals surface area contributed by atoms with Crippen molar-refractivity contribution in [1.29, 1.82) is 5.26 Å². The molecule has 4 heteroatoms. The van der Waals surface area contributed by atoms with Crippen LogP contribution in [0.4, 0.5) is 5.69 Å². The summed E-state index contributed by atoms with van der Waals surface area (Å²) >= 11 is 0. The Labute approximate surface area is 181 Å². The van der Waals surface area contributed by atoms with Crippen LogP contribution in [0, 0.1) is 11.3 Å². The van der Waals surface area contributed by atoms with Crippen LogP contribution >= 0.6 is 0 Å². The van der Waals surface area contributed by atoms with E-state index in [0.717, 1.165) is 44.8 Å². The molecule has 0 aliphatic heterocycles. The van der Waals surface area contributed by atoms with E-state index in [9.17, 15) is 10.4 Å². The fourth-order valence-electron chi connectivity index (χ4n) is 4.66. The molecule has 0 atom stereocenters. The molecule has 152 valence electrons. The van der Waals surface area contributed by atoms with E-state index in [1.807, 2.05) is 24.1 Å². The summed E-state index contributed by atoms with van der Waals surface area (Å²) in [4.78, 5) is 1.95. The van der Waals surface area contributed by atoms with Crippen molar-refractivity contribution in [2.45, 2.75) is 0 Å². The van der Waals surface area contributed by atoms with Crippen molar-refractivity contribution in [1.82, 2.24) is 0 Å². The molecule has 0 saturated carbocycles. The third-order valence-corrected chi connectivity index (χ3v) is 6.11. The second kappa shape index (κ2) is 7.46. The van der Waals surface area contributed by atoms with Gasteiger partial charge in [0.15, 0.2) is 0 Å². The van der Waals surface area contributed by atoms with Crippen LogP contribution in [0.5, 0.6) is 5.75 Å². The first kappa shape index (κ1) is 19.2. The van der Waals surface area contributed by atoms with E-state index >= 15 is 0 Å². The van der Waals surface area contributed by atoms with Gasteiger partial charge in [-0.3, -0.25) is 0 Å². The maximum absolute atomic E-state index is 10.2. The highest BCUT2D eigenvalue weighted by atomic mass is 16.5. The molecule has 4 nitrogen and oxygen atoms in total. The molecule has 0 spiro atoms. The predicted molar refractivity (Wildman–Crippen MR) is 125 cm³/mol. The first-order valence-corrected chi connectivity index (χ1v) is 10.3. The summed E-state index contributed by atoms with van der Waals surface area (Å²) < 4.78 is 5.35. The Bertz CT molecular complexity index is 1350. The Morgan fingerprint density at radius 3 is 2.23 bits per heavy atom. The van der Waals surface area contributed by atoms with Crippen LogP contribution in [-0.4, -0.2) is 32.4 Å². The Hall–Kier alpha value is -3.81. The molecule has 0 amide bonds. The lowest BCUT2D eigenvalue weighted by Gasteiger charge is -2.23. The number of aliphatic hydroxyl groups is 1. The number of benzene rings is 4. The lowest BCUT2D eigenvalue weighted by atomic mass is 9.89. The van der Waals surface area contributed by atoms with Crippen LogP contribution < -0.4 is 9.64 Å². The molecule has 1 aliphatic rings. The van der Waals surface area contributed by atoms with Gasteiger partial charge in [-0.05, 0) is 56.8 Å². The number of anilines is 1. The van der Waals surface area contributed by atoms with E-state index in [1.54, 1.807) is 7.11 Å². The summed E-state index contributed by atoms with van der Waals surface area (Å²) in [7, 11) is 3.58. The van der Waals surface area contributed by atoms with E-state index in [-0.39, 0.29) is 6.61 Å². The van der Waals surface area contributed by atoms with Crippen LogP contribution in [0.15, 0.2) is 66.7 Å². The largest absolute Gasteiger partial charge is 0.497 e. The number of fused-ring (bicyclic) bond motifs is 3. The normalized spacial score (nSPS) is 11.3. The summed E-state index contributed by atoms with van der Waals surface area (Å²) in [6, 6.07) is 25.2. The molecule has 31 heavy (non-hydrogen) atoms. The van der Waals surface area contributed by atoms with Crippen molar-refractivity contribution in [3.63, 3.8) is 0 Å². The smallest absolute Gasteiger partial charge is 0.118 e. The standard InChI is InChI=1S/C27H22N2O2/c1-29(13-14-30)24-15-22(17-9-11-19(31-2)12-10-17)26-20-7-3-5-18-6-4-8-21(25(18)20)27(26)23(24)16-28/h3-12,15,30H,13-14H2,1-2H3. The van der Waals surface area contributed by atoms with Gasteiger partial charge < -0.3 is 14.7 Å². The minimum Gasteiger partial charge on any atom is -0.497 e. The van der Waals surface area contributed by atoms with Gasteiger partial charge in [-0.15, -0.1) is 0 Å². The molecule has 5 rings (SSSR count). The summed E-state index contributed by atoms with van der Waals surface area (Å²) in [6.45, 7) is 0.471. The van der Waals surface area contributed by atoms with E-state index < -0.39 is 0 Å². The van der Waals surface area contributed by atoms with Gasteiger partial charge in [-0.25, -0.2) is 0 Å². The molecule has 0 saturated heterocycles. The van der Waals surface area contributed by atoms with Crippen LogP contribution in [0.2, 0.25) is 0 Å². The first-order valence-electron chi connectivity index (χ1n) is 10.3. The summed E-state index contributed by atoms with van der Waals surface area (Å²) in [5.74, 6) is 0.803. The number of hydrogen-bond acceptors (Lipinski definition) is 4. The molecule has 1 N–H and O–H groups in total. The molecule has 0 radical (unpaired) electrons. The fraction of sp³-hybridized carbons (Fsp3) is 0.148. The number of aliphatic hydroxyl groups excluding tert-OH is 1. The summed E-state index contributed by atoms with van der Waals surface area (Å²) in [5.41, 5.74) is 7.91. The highest BCUT2D eigenvalue weighted by Gasteiger charge is 2.29. The van der Waals surface area contributed by atoms with E-state index in [4.69, 9.17) is 4.74 Å². The van der Waals surface area contributed by atoms with Gasteiger partial charge in [0.05, 0.1) is 25.0 Å². The predicted octanol–water partition coefficient (Wildman–Crippen LogP) is 5.46. The van der Waals surface area contributed by atoms with E-state index in [1.165, 1.54) is 10.8 Å². The third kappa shape index (κ3) is 2.86. The van der Waals surface area contributed by atoms with Crippen LogP contribution in [-0.2, 0) is 0 Å². The van der Waals surface area contributed by atoms with Crippen molar-refractivity contribution in [3.8, 4) is 45.2 Å². The summed E-state index contributed by atoms with van der Waals surface area (Å²) in [5, 5.41) is 22.1. The first-order chi connectivity index (χ1) is 15.2. The third-order valence-electron chi connectivity index (χ3n) is 6.11. The number of likely N-dealkylation sites (N-methyl/N-ethyl adjacent to an activating group) is 1. The maximum Gasteiger partial charge on any atom is 0.118 e. The van der Waals surface area contributed by atoms with Crippen molar-refractivity contribution in [2.75, 3.05) is 32.2 Å². The Kier molecular flexibility index (Phi) is 4.62. The molecule has 0 heterocycles. The van der Waals surface area contributed by atoms with Gasteiger partial charge in [0, 0.05) is 19.2 Å². The minimum absolute atomic E-state index is 0.0200. The van der Waals surface area contributed by atoms with Gasteiger partial charge >= 0.3 is 0 Å². The Balaban J connectivity index is 1.90. The minimum atomic E-state index is 0.0200. The molecular weight excluding hydrogens is 384 g/mol. The second-order valence-electron chi connectivity index (χ2n) is 7.76. The zero-order valence-corrected chi connectivity index (χ0v) is 17.5. The van der Waals surface area contributed by atoms with Crippen LogP contribution in [0.1, 0.15) is 5.56 Å². The Morgan fingerprint density at radius 1 is 0.935 bits per heavy atom. The number of nitriles is 1. The molecule has 0 aromatic heterocycles. The van der Waals surface area contributed by atoms with Gasteiger partial charge in [0.2, 0.25) is 0 Å². The van der Waals surface area contributed by atoms with Crippen LogP contribution in [0.25, 0.3) is 44.2 Å². The molecule has 4 aromatic carbocycles. The average Bonchev–Trinajstić information content (AvgIpc) is 3.15. The van der Waals surface area contributed by atoms with Crippen LogP contribution in [0.3, 0.4) is 0 Å². The van der Waals surface area contributed by atoms with Crippen molar-refractivity contribution < 1.29 is 9.84 Å². The maximum atomic E-state index is 10.2. The van der Waals surface area contributed by atoms with E-state index in [2.05, 4.69) is 60.7 Å². The quantitative estimate of drug-likeness (QED) is 0.421. The monoisotopic (exact) mass is 406 g/mol. The number of methoxy groups -OCH3 is 1. The SMILES string of the molecule is COc1ccc(-c2cc(N(C)CCO)c(C#N)c3c2-c2cccc4cccc-3c24)cc1. The molecule has 0 bridgehead atoms. The van der Waals surface area contributed by atoms with Crippen molar-refractivity contribution in [2.24, 2.45) is 0 Å². The van der Waals surface area contributed by atoms with Crippen molar-refractivity contribution >= 4 is 16.5 Å². The number of hydrogen-bond donors (Lipinski definition) is 1. The molecular formula is C27H22N2O2. The van der Waals surface area contributed by atoms with Crippen molar-refractivity contribution in [3.05, 3.63) is 72.3 Å². The zero-order chi connectivity index (χ0) is 21.5. The highest BCUT2D eigenvalue weighted by Crippen LogP contribution is 2.54. The topological polar surface area (TPSA) is 56.5 Å². The lowest BCUT2D eigenvalue weighted by molar-refractivity contribution is 0.304. The van der Waals surface area contributed by atoms with Gasteiger partial charge in [-0.2, -0.15) is 5.26 Å². The summed E-state index contributed by atoms with van der Waals surface area (Å²) in [6.07, 6.45) is 0. The van der Waals surface area contributed by atoms with Gasteiger partial charge in [0.25, 0.3) is 0 Å². The van der Waals surface area contributed by atoms with Gasteiger partial charge in [0.1, 0.15) is 11.8 Å². The fourth-order valence-corrected chi connectivity index (χ4v) is 4.66.